The van der Waals surface area contributed by atoms with Crippen LogP contribution in [0, 0.1) is 13.8 Å². The Morgan fingerprint density at radius 1 is 1.14 bits per heavy atom. The second-order valence-corrected chi connectivity index (χ2v) is 9.65. The molecule has 0 unspecified atom stereocenters. The van der Waals surface area contributed by atoms with Crippen molar-refractivity contribution < 1.29 is 9.90 Å². The molecule has 0 atom stereocenters. The van der Waals surface area contributed by atoms with E-state index in [1.807, 2.05) is 55.6 Å². The molecule has 1 N–H and O–H groups in total. The maximum atomic E-state index is 13.7. The van der Waals surface area contributed by atoms with Gasteiger partial charge < -0.3 is 5.11 Å². The van der Waals surface area contributed by atoms with Crippen molar-refractivity contribution in [1.29, 1.82) is 0 Å². The van der Waals surface area contributed by atoms with Gasteiger partial charge in [0.2, 0.25) is 0 Å². The summed E-state index contributed by atoms with van der Waals surface area (Å²) in [7, 11) is 0. The van der Waals surface area contributed by atoms with Crippen molar-refractivity contribution in [3.63, 3.8) is 0 Å². The number of carboxylic acids is 1. The van der Waals surface area contributed by atoms with Gasteiger partial charge in [-0.15, -0.1) is 22.7 Å². The monoisotopic (exact) mass is 424 g/mol. The van der Waals surface area contributed by atoms with Gasteiger partial charge in [0, 0.05) is 20.9 Å². The van der Waals surface area contributed by atoms with Crippen molar-refractivity contribution in [3.05, 3.63) is 62.6 Å². The van der Waals surface area contributed by atoms with Crippen LogP contribution in [0.1, 0.15) is 24.3 Å². The van der Waals surface area contributed by atoms with Crippen LogP contribution in [-0.4, -0.2) is 20.6 Å². The van der Waals surface area contributed by atoms with E-state index in [0.717, 1.165) is 20.9 Å². The Morgan fingerprint density at radius 2 is 1.83 bits per heavy atom. The number of benzene rings is 1. The lowest BCUT2D eigenvalue weighted by molar-refractivity contribution is -0.145. The fraction of sp³-hybridized carbons (Fsp3) is 0.227. The zero-order valence-corrected chi connectivity index (χ0v) is 18.1. The molecule has 148 valence electrons. The number of fused-ring (bicyclic) bond motifs is 1. The van der Waals surface area contributed by atoms with Crippen molar-refractivity contribution in [1.82, 2.24) is 9.55 Å². The Labute approximate surface area is 175 Å². The molecule has 7 heteroatoms. The number of rotatable bonds is 4. The van der Waals surface area contributed by atoms with Crippen LogP contribution in [-0.2, 0) is 10.3 Å². The molecule has 0 aliphatic carbocycles. The Bertz CT molecular complexity index is 1280. The number of thiophene rings is 2. The van der Waals surface area contributed by atoms with Gasteiger partial charge in [-0.05, 0) is 39.1 Å². The summed E-state index contributed by atoms with van der Waals surface area (Å²) in [4.78, 5) is 33.2. The molecule has 5 nitrogen and oxygen atoms in total. The Balaban J connectivity index is 2.15. The number of aliphatic carboxylic acids is 1. The molecular formula is C22H20N2O3S2. The van der Waals surface area contributed by atoms with Crippen LogP contribution in [0.25, 0.3) is 32.0 Å². The van der Waals surface area contributed by atoms with Crippen LogP contribution >= 0.6 is 22.7 Å². The summed E-state index contributed by atoms with van der Waals surface area (Å²) in [6, 6.07) is 11.5. The summed E-state index contributed by atoms with van der Waals surface area (Å²) in [5.41, 5.74) is 0.857. The van der Waals surface area contributed by atoms with Crippen molar-refractivity contribution in [3.8, 4) is 21.8 Å². The highest BCUT2D eigenvalue weighted by atomic mass is 32.1. The van der Waals surface area contributed by atoms with E-state index in [2.05, 4.69) is 0 Å². The summed E-state index contributed by atoms with van der Waals surface area (Å²) < 4.78 is 1.32. The molecule has 4 aromatic rings. The molecule has 0 aliphatic heterocycles. The minimum absolute atomic E-state index is 0.328. The maximum absolute atomic E-state index is 13.7. The molecule has 0 saturated carbocycles. The van der Waals surface area contributed by atoms with Crippen molar-refractivity contribution in [2.75, 3.05) is 0 Å². The van der Waals surface area contributed by atoms with E-state index >= 15 is 0 Å². The number of hydrogen-bond acceptors (Lipinski definition) is 5. The van der Waals surface area contributed by atoms with E-state index in [9.17, 15) is 14.7 Å². The fourth-order valence-electron chi connectivity index (χ4n) is 3.39. The second kappa shape index (κ2) is 6.93. The normalized spacial score (nSPS) is 11.9. The Morgan fingerprint density at radius 3 is 2.41 bits per heavy atom. The van der Waals surface area contributed by atoms with Crippen LogP contribution in [0.2, 0.25) is 0 Å². The highest BCUT2D eigenvalue weighted by Crippen LogP contribution is 2.39. The average molecular weight is 425 g/mol. The number of aromatic nitrogens is 2. The zero-order valence-electron chi connectivity index (χ0n) is 16.5. The third-order valence-electron chi connectivity index (χ3n) is 5.06. The van der Waals surface area contributed by atoms with E-state index in [4.69, 9.17) is 4.98 Å². The second-order valence-electron chi connectivity index (χ2n) is 7.50. The van der Waals surface area contributed by atoms with E-state index in [0.29, 0.717) is 21.6 Å². The lowest BCUT2D eigenvalue weighted by atomic mass is 10.0. The van der Waals surface area contributed by atoms with Gasteiger partial charge in [-0.1, -0.05) is 35.9 Å². The Kier molecular flexibility index (Phi) is 4.67. The van der Waals surface area contributed by atoms with Gasteiger partial charge in [-0.2, -0.15) is 0 Å². The molecule has 0 bridgehead atoms. The molecule has 4 rings (SSSR count). The summed E-state index contributed by atoms with van der Waals surface area (Å²) in [6.45, 7) is 7.02. The van der Waals surface area contributed by atoms with Gasteiger partial charge in [-0.3, -0.25) is 9.36 Å². The zero-order chi connectivity index (χ0) is 20.9. The van der Waals surface area contributed by atoms with Gasteiger partial charge in [-0.25, -0.2) is 9.78 Å². The molecule has 0 radical (unpaired) electrons. The minimum Gasteiger partial charge on any atom is -0.480 e. The predicted octanol–water partition coefficient (Wildman–Crippen LogP) is 5.29. The molecule has 29 heavy (non-hydrogen) atoms. The summed E-state index contributed by atoms with van der Waals surface area (Å²) in [5.74, 6) is -0.715. The van der Waals surface area contributed by atoms with E-state index in [-0.39, 0.29) is 5.56 Å². The van der Waals surface area contributed by atoms with Crippen LogP contribution < -0.4 is 5.56 Å². The SMILES string of the molecule is Cc1ccc(-c2nc3sc(C)c(-c4cccs4)c3c(=O)n2C(C)(C)C(=O)O)cc1. The molecule has 0 aliphatic rings. The third-order valence-corrected chi connectivity index (χ3v) is 6.95. The number of carbonyl (C=O) groups is 1. The molecule has 0 spiro atoms. The minimum atomic E-state index is -1.46. The molecule has 0 saturated heterocycles. The van der Waals surface area contributed by atoms with Crippen LogP contribution in [0.4, 0.5) is 0 Å². The van der Waals surface area contributed by atoms with E-state index in [1.54, 1.807) is 11.3 Å². The average Bonchev–Trinajstić information content (AvgIpc) is 3.28. The quantitative estimate of drug-likeness (QED) is 0.483. The van der Waals surface area contributed by atoms with Crippen LogP contribution in [0.3, 0.4) is 0 Å². The number of carboxylic acid groups (broad SMARTS) is 1. The topological polar surface area (TPSA) is 72.2 Å². The van der Waals surface area contributed by atoms with Crippen molar-refractivity contribution >= 4 is 38.9 Å². The molecule has 0 amide bonds. The van der Waals surface area contributed by atoms with Gasteiger partial charge >= 0.3 is 5.97 Å². The molecule has 3 aromatic heterocycles. The van der Waals surface area contributed by atoms with E-state index < -0.39 is 11.5 Å². The van der Waals surface area contributed by atoms with Gasteiger partial charge in [0.05, 0.1) is 5.39 Å². The Hall–Kier alpha value is -2.77. The summed E-state index contributed by atoms with van der Waals surface area (Å²) >= 11 is 3.02. The van der Waals surface area contributed by atoms with Gasteiger partial charge in [0.15, 0.2) is 0 Å². The first kappa shape index (κ1) is 19.5. The summed E-state index contributed by atoms with van der Waals surface area (Å²) in [6.07, 6.45) is 0. The molecular weight excluding hydrogens is 404 g/mol. The standard InChI is InChI=1S/C22H20N2O3S2/c1-12-7-9-14(10-8-12)18-23-19-17(20(25)24(18)22(3,4)21(26)27)16(13(2)29-19)15-6-5-11-28-15/h5-11H,1-4H3,(H,26,27). The highest BCUT2D eigenvalue weighted by Gasteiger charge is 2.35. The van der Waals surface area contributed by atoms with E-state index in [1.165, 1.54) is 29.8 Å². The van der Waals surface area contributed by atoms with Crippen molar-refractivity contribution in [2.24, 2.45) is 0 Å². The molecule has 3 heterocycles. The highest BCUT2D eigenvalue weighted by molar-refractivity contribution is 7.20. The van der Waals surface area contributed by atoms with Crippen molar-refractivity contribution in [2.45, 2.75) is 33.2 Å². The first-order valence-corrected chi connectivity index (χ1v) is 10.8. The number of hydrogen-bond donors (Lipinski definition) is 1. The molecule has 0 fully saturated rings. The van der Waals surface area contributed by atoms with Gasteiger partial charge in [0.25, 0.3) is 5.56 Å². The third kappa shape index (κ3) is 3.10. The fourth-order valence-corrected chi connectivity index (χ4v) is 5.32. The molecule has 1 aromatic carbocycles. The predicted molar refractivity (Wildman–Crippen MR) is 119 cm³/mol. The first-order chi connectivity index (χ1) is 13.7. The number of aryl methyl sites for hydroxylation is 2. The van der Waals surface area contributed by atoms with Gasteiger partial charge in [0.1, 0.15) is 16.2 Å². The first-order valence-electron chi connectivity index (χ1n) is 9.12. The lowest BCUT2D eigenvalue weighted by Gasteiger charge is -2.25. The lowest BCUT2D eigenvalue weighted by Crippen LogP contribution is -2.44. The van der Waals surface area contributed by atoms with Crippen LogP contribution in [0.15, 0.2) is 46.6 Å². The largest absolute Gasteiger partial charge is 0.480 e. The smallest absolute Gasteiger partial charge is 0.329 e. The number of nitrogens with zero attached hydrogens (tertiary/aromatic N) is 2. The maximum Gasteiger partial charge on any atom is 0.329 e. The summed E-state index contributed by atoms with van der Waals surface area (Å²) in [5, 5.41) is 12.3. The van der Waals surface area contributed by atoms with Crippen LogP contribution in [0.5, 0.6) is 0 Å².